The number of nitrogens with one attached hydrogen (secondary N) is 1. The molecule has 18 heavy (non-hydrogen) atoms. The molecule has 1 atom stereocenters. The average molecular weight is 291 g/mol. The van der Waals surface area contributed by atoms with E-state index >= 15 is 0 Å². The molecule has 1 unspecified atom stereocenters. The van der Waals surface area contributed by atoms with Crippen LogP contribution in [0.15, 0.2) is 5.38 Å². The SMILES string of the molecule is Cc1csc(C(=O)NCCN2CCC(F)C2)c1Cl. The summed E-state index contributed by atoms with van der Waals surface area (Å²) in [4.78, 5) is 14.4. The van der Waals surface area contributed by atoms with Crippen LogP contribution in [0.25, 0.3) is 0 Å². The van der Waals surface area contributed by atoms with Gasteiger partial charge in [-0.05, 0) is 24.3 Å². The molecule has 0 aliphatic carbocycles. The Balaban J connectivity index is 1.77. The molecular weight excluding hydrogens is 275 g/mol. The van der Waals surface area contributed by atoms with Gasteiger partial charge in [-0.15, -0.1) is 11.3 Å². The van der Waals surface area contributed by atoms with E-state index in [0.717, 1.165) is 12.1 Å². The molecule has 1 fully saturated rings. The van der Waals surface area contributed by atoms with Crippen molar-refractivity contribution in [1.29, 1.82) is 0 Å². The smallest absolute Gasteiger partial charge is 0.262 e. The molecule has 1 aromatic rings. The van der Waals surface area contributed by atoms with Gasteiger partial charge in [0.05, 0.1) is 5.02 Å². The van der Waals surface area contributed by atoms with Crippen molar-refractivity contribution < 1.29 is 9.18 Å². The molecule has 100 valence electrons. The first-order chi connectivity index (χ1) is 8.58. The minimum absolute atomic E-state index is 0.144. The van der Waals surface area contributed by atoms with Crippen LogP contribution in [0.2, 0.25) is 5.02 Å². The van der Waals surface area contributed by atoms with Gasteiger partial charge >= 0.3 is 0 Å². The molecule has 2 heterocycles. The summed E-state index contributed by atoms with van der Waals surface area (Å²) in [5.41, 5.74) is 0.923. The van der Waals surface area contributed by atoms with Gasteiger partial charge in [-0.2, -0.15) is 0 Å². The number of hydrogen-bond donors (Lipinski definition) is 1. The van der Waals surface area contributed by atoms with Gasteiger partial charge < -0.3 is 5.32 Å². The second-order valence-corrected chi connectivity index (χ2v) is 5.76. The number of hydrogen-bond acceptors (Lipinski definition) is 3. The highest BCUT2D eigenvalue weighted by Gasteiger charge is 2.21. The van der Waals surface area contributed by atoms with Crippen molar-refractivity contribution in [3.63, 3.8) is 0 Å². The molecule has 0 spiro atoms. The largest absolute Gasteiger partial charge is 0.350 e. The zero-order chi connectivity index (χ0) is 13.1. The summed E-state index contributed by atoms with van der Waals surface area (Å²) in [5.74, 6) is -0.144. The molecule has 3 nitrogen and oxygen atoms in total. The number of nitrogens with zero attached hydrogens (tertiary/aromatic N) is 1. The third-order valence-corrected chi connectivity index (χ3v) is 4.73. The third-order valence-electron chi connectivity index (χ3n) is 3.03. The van der Waals surface area contributed by atoms with Crippen LogP contribution in [-0.4, -0.2) is 43.2 Å². The molecule has 1 aliphatic heterocycles. The summed E-state index contributed by atoms with van der Waals surface area (Å²) in [5, 5.41) is 5.21. The Bertz CT molecular complexity index is 438. The van der Waals surface area contributed by atoms with Crippen molar-refractivity contribution in [2.24, 2.45) is 0 Å². The van der Waals surface area contributed by atoms with Crippen LogP contribution in [0.1, 0.15) is 21.7 Å². The molecule has 0 bridgehead atoms. The standard InChI is InChI=1S/C12H16ClFN2OS/c1-8-7-18-11(10(8)13)12(17)15-3-5-16-4-2-9(14)6-16/h7,9H,2-6H2,1H3,(H,15,17). The first kappa shape index (κ1) is 13.8. The monoisotopic (exact) mass is 290 g/mol. The second-order valence-electron chi connectivity index (χ2n) is 4.50. The number of rotatable bonds is 4. The van der Waals surface area contributed by atoms with E-state index in [-0.39, 0.29) is 5.91 Å². The number of likely N-dealkylation sites (tertiary alicyclic amines) is 1. The lowest BCUT2D eigenvalue weighted by atomic mass is 10.3. The Morgan fingerprint density at radius 1 is 1.72 bits per heavy atom. The normalized spacial score (nSPS) is 20.3. The summed E-state index contributed by atoms with van der Waals surface area (Å²) in [6.07, 6.45) is -0.112. The Morgan fingerprint density at radius 3 is 3.06 bits per heavy atom. The van der Waals surface area contributed by atoms with Gasteiger partial charge in [0.2, 0.25) is 0 Å². The summed E-state index contributed by atoms with van der Waals surface area (Å²) >= 11 is 7.37. The maximum atomic E-state index is 12.9. The minimum Gasteiger partial charge on any atom is -0.350 e. The van der Waals surface area contributed by atoms with Crippen LogP contribution in [0, 0.1) is 6.92 Å². The number of halogens is 2. The van der Waals surface area contributed by atoms with Crippen molar-refractivity contribution in [2.45, 2.75) is 19.5 Å². The Morgan fingerprint density at radius 2 is 2.50 bits per heavy atom. The summed E-state index contributed by atoms with van der Waals surface area (Å²) < 4.78 is 12.9. The number of carbonyl (C=O) groups excluding carboxylic acids is 1. The first-order valence-electron chi connectivity index (χ1n) is 5.96. The first-order valence-corrected chi connectivity index (χ1v) is 7.22. The van der Waals surface area contributed by atoms with Gasteiger partial charge in [0.1, 0.15) is 11.0 Å². The van der Waals surface area contributed by atoms with E-state index in [9.17, 15) is 9.18 Å². The van der Waals surface area contributed by atoms with Gasteiger partial charge in [-0.25, -0.2) is 4.39 Å². The fraction of sp³-hybridized carbons (Fsp3) is 0.583. The van der Waals surface area contributed by atoms with Crippen LogP contribution < -0.4 is 5.32 Å². The molecule has 1 saturated heterocycles. The summed E-state index contributed by atoms with van der Waals surface area (Å²) in [6, 6.07) is 0. The molecule has 1 aromatic heterocycles. The minimum atomic E-state index is -0.713. The third kappa shape index (κ3) is 3.22. The van der Waals surface area contributed by atoms with Crippen molar-refractivity contribution >= 4 is 28.8 Å². The summed E-state index contributed by atoms with van der Waals surface area (Å²) in [6.45, 7) is 4.35. The lowest BCUT2D eigenvalue weighted by Crippen LogP contribution is -2.33. The zero-order valence-corrected chi connectivity index (χ0v) is 11.8. The Kier molecular flexibility index (Phi) is 4.59. The highest BCUT2D eigenvalue weighted by Crippen LogP contribution is 2.26. The summed E-state index contributed by atoms with van der Waals surface area (Å²) in [7, 11) is 0. The maximum absolute atomic E-state index is 12.9. The Labute approximate surface area is 115 Å². The lowest BCUT2D eigenvalue weighted by Gasteiger charge is -2.14. The predicted molar refractivity (Wildman–Crippen MR) is 72.4 cm³/mol. The van der Waals surface area contributed by atoms with E-state index in [2.05, 4.69) is 5.32 Å². The van der Waals surface area contributed by atoms with Gasteiger partial charge in [0.25, 0.3) is 5.91 Å². The number of carbonyl (C=O) groups is 1. The predicted octanol–water partition coefficient (Wildman–Crippen LogP) is 2.48. The van der Waals surface area contributed by atoms with E-state index in [0.29, 0.717) is 36.0 Å². The number of thiophene rings is 1. The van der Waals surface area contributed by atoms with Gasteiger partial charge in [-0.1, -0.05) is 11.6 Å². The zero-order valence-electron chi connectivity index (χ0n) is 10.2. The van der Waals surface area contributed by atoms with Gasteiger partial charge in [0, 0.05) is 26.2 Å². The van der Waals surface area contributed by atoms with Crippen molar-refractivity contribution in [2.75, 3.05) is 26.2 Å². The molecule has 0 saturated carbocycles. The quantitative estimate of drug-likeness (QED) is 0.924. The van der Waals surface area contributed by atoms with Crippen LogP contribution >= 0.6 is 22.9 Å². The molecule has 1 N–H and O–H groups in total. The van der Waals surface area contributed by atoms with Crippen LogP contribution in [0.3, 0.4) is 0 Å². The molecular formula is C12H16ClFN2OS. The molecule has 1 aliphatic rings. The average Bonchev–Trinajstić information content (AvgIpc) is 2.87. The van der Waals surface area contributed by atoms with Crippen LogP contribution in [0.5, 0.6) is 0 Å². The molecule has 1 amide bonds. The van der Waals surface area contributed by atoms with Crippen molar-refractivity contribution in [3.8, 4) is 0 Å². The van der Waals surface area contributed by atoms with Gasteiger partial charge in [0.15, 0.2) is 0 Å². The maximum Gasteiger partial charge on any atom is 0.262 e. The van der Waals surface area contributed by atoms with Crippen molar-refractivity contribution in [3.05, 3.63) is 20.8 Å². The Hall–Kier alpha value is -0.650. The second kappa shape index (κ2) is 5.99. The van der Waals surface area contributed by atoms with E-state index in [1.165, 1.54) is 11.3 Å². The van der Waals surface area contributed by atoms with Gasteiger partial charge in [-0.3, -0.25) is 9.69 Å². The van der Waals surface area contributed by atoms with Crippen molar-refractivity contribution in [1.82, 2.24) is 10.2 Å². The van der Waals surface area contributed by atoms with Crippen LogP contribution in [0.4, 0.5) is 4.39 Å². The molecule has 2 rings (SSSR count). The highest BCUT2D eigenvalue weighted by molar-refractivity contribution is 7.13. The number of alkyl halides is 1. The van der Waals surface area contributed by atoms with E-state index in [4.69, 9.17) is 11.6 Å². The molecule has 0 aromatic carbocycles. The topological polar surface area (TPSA) is 32.3 Å². The molecule has 0 radical (unpaired) electrons. The van der Waals surface area contributed by atoms with E-state index in [1.807, 2.05) is 17.2 Å². The lowest BCUT2D eigenvalue weighted by molar-refractivity contribution is 0.0953. The number of amides is 1. The molecule has 6 heteroatoms. The number of aryl methyl sites for hydroxylation is 1. The fourth-order valence-corrected chi connectivity index (χ4v) is 3.17. The van der Waals surface area contributed by atoms with E-state index in [1.54, 1.807) is 0 Å². The van der Waals surface area contributed by atoms with Crippen LogP contribution in [-0.2, 0) is 0 Å². The van der Waals surface area contributed by atoms with E-state index < -0.39 is 6.17 Å². The highest BCUT2D eigenvalue weighted by atomic mass is 35.5. The fourth-order valence-electron chi connectivity index (χ4n) is 1.98.